The molecule has 2 bridgehead atoms. The van der Waals surface area contributed by atoms with Gasteiger partial charge in [-0.25, -0.2) is 0 Å². The van der Waals surface area contributed by atoms with E-state index in [4.69, 9.17) is 4.98 Å². The first-order valence-corrected chi connectivity index (χ1v) is 10.8. The summed E-state index contributed by atoms with van der Waals surface area (Å²) in [5.41, 5.74) is 4.34. The van der Waals surface area contributed by atoms with E-state index in [9.17, 15) is 4.79 Å². The zero-order valence-corrected chi connectivity index (χ0v) is 17.6. The van der Waals surface area contributed by atoms with Gasteiger partial charge in [-0.1, -0.05) is 42.2 Å². The Morgan fingerprint density at radius 1 is 1.17 bits per heavy atom. The molecule has 1 aromatic carbocycles. The van der Waals surface area contributed by atoms with Crippen LogP contribution < -0.4 is 0 Å². The molecule has 0 N–H and O–H groups in total. The monoisotopic (exact) mass is 386 g/mol. The summed E-state index contributed by atoms with van der Waals surface area (Å²) in [6.07, 6.45) is 4.54. The third-order valence-electron chi connectivity index (χ3n) is 6.50. The van der Waals surface area contributed by atoms with Crippen molar-refractivity contribution in [1.29, 1.82) is 0 Å². The van der Waals surface area contributed by atoms with Gasteiger partial charge in [0.1, 0.15) is 5.78 Å². The maximum absolute atomic E-state index is 11.4. The van der Waals surface area contributed by atoms with Crippen LogP contribution in [0.25, 0.3) is 0 Å². The second kappa shape index (κ2) is 8.51. The highest BCUT2D eigenvalue weighted by atomic mass is 16.1. The predicted molar refractivity (Wildman–Crippen MR) is 117 cm³/mol. The molecule has 3 nitrogen and oxygen atoms in total. The van der Waals surface area contributed by atoms with Crippen molar-refractivity contribution in [3.8, 4) is 11.8 Å². The van der Waals surface area contributed by atoms with Crippen molar-refractivity contribution in [3.63, 3.8) is 0 Å². The average molecular weight is 387 g/mol. The maximum atomic E-state index is 11.4. The van der Waals surface area contributed by atoms with Crippen molar-refractivity contribution >= 4 is 5.78 Å². The van der Waals surface area contributed by atoms with Gasteiger partial charge in [-0.2, -0.15) is 0 Å². The van der Waals surface area contributed by atoms with Crippen LogP contribution in [0.5, 0.6) is 0 Å². The molecule has 2 aromatic rings. The van der Waals surface area contributed by atoms with Crippen LogP contribution in [0.15, 0.2) is 42.5 Å². The largest absolute Gasteiger partial charge is 0.302 e. The fourth-order valence-corrected chi connectivity index (χ4v) is 4.70. The number of carbonyl (C=O) groups is 1. The smallest absolute Gasteiger partial charge is 0.130 e. The molecule has 1 unspecified atom stereocenters. The van der Waals surface area contributed by atoms with Crippen molar-refractivity contribution < 1.29 is 4.79 Å². The minimum atomic E-state index is 0.0772. The summed E-state index contributed by atoms with van der Waals surface area (Å²) in [5, 5.41) is 0. The van der Waals surface area contributed by atoms with E-state index in [-0.39, 0.29) is 11.2 Å². The van der Waals surface area contributed by atoms with Crippen molar-refractivity contribution in [2.45, 2.75) is 46.0 Å². The van der Waals surface area contributed by atoms with Gasteiger partial charge in [-0.3, -0.25) is 4.98 Å². The van der Waals surface area contributed by atoms with Crippen molar-refractivity contribution in [3.05, 3.63) is 65.0 Å². The van der Waals surface area contributed by atoms with Crippen LogP contribution in [-0.2, 0) is 17.6 Å². The van der Waals surface area contributed by atoms with E-state index in [1.165, 1.54) is 31.5 Å². The third-order valence-corrected chi connectivity index (χ3v) is 6.50. The lowest BCUT2D eigenvalue weighted by atomic mass is 9.68. The summed E-state index contributed by atoms with van der Waals surface area (Å²) in [4.78, 5) is 18.8. The van der Waals surface area contributed by atoms with E-state index in [0.29, 0.717) is 18.8 Å². The highest BCUT2D eigenvalue weighted by Crippen LogP contribution is 2.41. The maximum Gasteiger partial charge on any atom is 0.130 e. The molecule has 3 saturated heterocycles. The van der Waals surface area contributed by atoms with E-state index >= 15 is 0 Å². The standard InChI is InChI=1S/C26H30N2O/c1-20(29)8-10-24-11-9-22(25(27-24)18-21-6-4-3-5-7-21)12-15-26(2)19-28-16-13-23(26)14-17-28/h3-7,9,11,23H,8,10,13-14,16-19H2,1-2H3. The Morgan fingerprint density at radius 2 is 1.93 bits per heavy atom. The minimum absolute atomic E-state index is 0.0772. The Balaban J connectivity index is 1.62. The molecule has 3 aliphatic rings. The van der Waals surface area contributed by atoms with Gasteiger partial charge in [0.25, 0.3) is 0 Å². The quantitative estimate of drug-likeness (QED) is 0.719. The number of nitrogens with zero attached hydrogens (tertiary/aromatic N) is 2. The van der Waals surface area contributed by atoms with Gasteiger partial charge in [0.15, 0.2) is 0 Å². The lowest BCUT2D eigenvalue weighted by Gasteiger charge is -2.49. The minimum Gasteiger partial charge on any atom is -0.302 e. The number of hydrogen-bond donors (Lipinski definition) is 0. The molecule has 0 radical (unpaired) electrons. The molecule has 0 spiro atoms. The number of piperidine rings is 3. The van der Waals surface area contributed by atoms with Gasteiger partial charge in [0.2, 0.25) is 0 Å². The second-order valence-corrected chi connectivity index (χ2v) is 8.88. The topological polar surface area (TPSA) is 33.2 Å². The summed E-state index contributed by atoms with van der Waals surface area (Å²) >= 11 is 0. The summed E-state index contributed by atoms with van der Waals surface area (Å²) in [5.74, 6) is 8.08. The molecule has 3 fully saturated rings. The van der Waals surface area contributed by atoms with E-state index in [1.54, 1.807) is 6.92 Å². The van der Waals surface area contributed by atoms with Crippen molar-refractivity contribution in [2.75, 3.05) is 19.6 Å². The molecule has 5 rings (SSSR count). The average Bonchev–Trinajstić information content (AvgIpc) is 2.73. The number of pyridine rings is 1. The van der Waals surface area contributed by atoms with Crippen LogP contribution in [0, 0.1) is 23.2 Å². The van der Waals surface area contributed by atoms with Gasteiger partial charge in [0, 0.05) is 36.1 Å². The summed E-state index contributed by atoms with van der Waals surface area (Å²) < 4.78 is 0. The number of fused-ring (bicyclic) bond motifs is 3. The number of benzene rings is 1. The molecular formula is C26H30N2O. The first-order chi connectivity index (χ1) is 14.0. The van der Waals surface area contributed by atoms with E-state index in [1.807, 2.05) is 12.1 Å². The molecule has 0 amide bonds. The van der Waals surface area contributed by atoms with Gasteiger partial charge in [-0.05, 0) is 69.8 Å². The van der Waals surface area contributed by atoms with E-state index in [2.05, 4.69) is 54.0 Å². The zero-order valence-electron chi connectivity index (χ0n) is 17.6. The molecule has 0 aliphatic carbocycles. The predicted octanol–water partition coefficient (Wildman–Crippen LogP) is 4.28. The molecule has 3 aliphatic heterocycles. The van der Waals surface area contributed by atoms with E-state index in [0.717, 1.165) is 29.9 Å². The van der Waals surface area contributed by atoms with Crippen LogP contribution in [0.4, 0.5) is 0 Å². The number of ketones is 1. The number of hydrogen-bond acceptors (Lipinski definition) is 3. The zero-order chi connectivity index (χ0) is 20.3. The number of carbonyl (C=O) groups excluding carboxylic acids is 1. The van der Waals surface area contributed by atoms with Gasteiger partial charge in [0.05, 0.1) is 5.69 Å². The van der Waals surface area contributed by atoms with Crippen LogP contribution >= 0.6 is 0 Å². The Kier molecular flexibility index (Phi) is 5.83. The number of aromatic nitrogens is 1. The third kappa shape index (κ3) is 4.77. The molecular weight excluding hydrogens is 356 g/mol. The van der Waals surface area contributed by atoms with Crippen molar-refractivity contribution in [1.82, 2.24) is 9.88 Å². The lowest BCUT2D eigenvalue weighted by Crippen LogP contribution is -2.52. The molecule has 150 valence electrons. The van der Waals surface area contributed by atoms with Gasteiger partial charge >= 0.3 is 0 Å². The van der Waals surface area contributed by atoms with Gasteiger partial charge in [-0.15, -0.1) is 0 Å². The molecule has 1 aromatic heterocycles. The fourth-order valence-electron chi connectivity index (χ4n) is 4.70. The Morgan fingerprint density at radius 3 is 2.59 bits per heavy atom. The van der Waals surface area contributed by atoms with Crippen molar-refractivity contribution in [2.24, 2.45) is 11.3 Å². The first kappa shape index (κ1) is 19.9. The Labute approximate surface area is 174 Å². The van der Waals surface area contributed by atoms with Gasteiger partial charge < -0.3 is 9.69 Å². The highest BCUT2D eigenvalue weighted by molar-refractivity contribution is 5.75. The molecule has 1 atom stereocenters. The summed E-state index contributed by atoms with van der Waals surface area (Å²) in [6.45, 7) is 7.52. The Hall–Kier alpha value is -2.44. The Bertz CT molecular complexity index is 932. The van der Waals surface area contributed by atoms with Crippen LogP contribution in [-0.4, -0.2) is 35.3 Å². The SMILES string of the molecule is CC(=O)CCc1ccc(C#CC2(C)CN3CCC2CC3)c(Cc2ccccc2)n1. The van der Waals surface area contributed by atoms with Crippen LogP contribution in [0.2, 0.25) is 0 Å². The number of Topliss-reactive ketones (excluding diaryl/α,β-unsaturated/α-hetero) is 1. The summed E-state index contributed by atoms with van der Waals surface area (Å²) in [7, 11) is 0. The number of rotatable bonds is 5. The number of aryl methyl sites for hydroxylation is 1. The molecule has 4 heterocycles. The summed E-state index contributed by atoms with van der Waals surface area (Å²) in [6, 6.07) is 14.6. The highest BCUT2D eigenvalue weighted by Gasteiger charge is 2.42. The normalized spacial score (nSPS) is 25.3. The molecule has 0 saturated carbocycles. The fraction of sp³-hybridized carbons (Fsp3) is 0.462. The van der Waals surface area contributed by atoms with Crippen LogP contribution in [0.1, 0.15) is 55.6 Å². The molecule has 3 heteroatoms. The molecule has 29 heavy (non-hydrogen) atoms. The first-order valence-electron chi connectivity index (χ1n) is 10.8. The lowest BCUT2D eigenvalue weighted by molar-refractivity contribution is -0.117. The second-order valence-electron chi connectivity index (χ2n) is 8.88. The van der Waals surface area contributed by atoms with Crippen LogP contribution in [0.3, 0.4) is 0 Å². The van der Waals surface area contributed by atoms with E-state index < -0.39 is 0 Å².